The first-order valence-electron chi connectivity index (χ1n) is 5.71. The SMILES string of the molecule is CC(C)(C)C[C@@H](CCO)CCCCO. The maximum Gasteiger partial charge on any atom is 0.0433 e. The fourth-order valence-electron chi connectivity index (χ4n) is 1.94. The molecule has 0 radical (unpaired) electrons. The van der Waals surface area contributed by atoms with Crippen molar-refractivity contribution in [3.05, 3.63) is 0 Å². The number of aliphatic hydroxyl groups is 2. The van der Waals surface area contributed by atoms with Gasteiger partial charge in [0.25, 0.3) is 0 Å². The summed E-state index contributed by atoms with van der Waals surface area (Å²) in [5.41, 5.74) is 0.346. The summed E-state index contributed by atoms with van der Waals surface area (Å²) in [6, 6.07) is 0. The topological polar surface area (TPSA) is 40.5 Å². The Kier molecular flexibility index (Phi) is 7.20. The van der Waals surface area contributed by atoms with E-state index in [2.05, 4.69) is 20.8 Å². The van der Waals surface area contributed by atoms with Crippen LogP contribution in [-0.4, -0.2) is 23.4 Å². The van der Waals surface area contributed by atoms with Gasteiger partial charge >= 0.3 is 0 Å². The number of aliphatic hydroxyl groups excluding tert-OH is 2. The van der Waals surface area contributed by atoms with Gasteiger partial charge in [0.1, 0.15) is 0 Å². The molecule has 0 heterocycles. The normalized spacial score (nSPS) is 14.4. The Bertz CT molecular complexity index is 127. The first-order valence-corrected chi connectivity index (χ1v) is 5.71. The van der Waals surface area contributed by atoms with Gasteiger partial charge in [-0.1, -0.05) is 33.6 Å². The summed E-state index contributed by atoms with van der Waals surface area (Å²) in [5.74, 6) is 0.617. The van der Waals surface area contributed by atoms with Gasteiger partial charge in [-0.15, -0.1) is 0 Å². The number of hydrogen-bond donors (Lipinski definition) is 2. The Morgan fingerprint density at radius 2 is 1.57 bits per heavy atom. The molecule has 0 fully saturated rings. The minimum Gasteiger partial charge on any atom is -0.396 e. The van der Waals surface area contributed by atoms with Gasteiger partial charge in [-0.2, -0.15) is 0 Å². The van der Waals surface area contributed by atoms with Crippen molar-refractivity contribution in [1.82, 2.24) is 0 Å². The molecule has 0 bridgehead atoms. The van der Waals surface area contributed by atoms with E-state index in [-0.39, 0.29) is 0 Å². The third-order valence-corrected chi connectivity index (χ3v) is 2.46. The lowest BCUT2D eigenvalue weighted by Gasteiger charge is -2.25. The standard InChI is InChI=1S/C12H26O2/c1-12(2,3)10-11(7-9-14)6-4-5-8-13/h11,13-14H,4-10H2,1-3H3/t11-/m1/s1. The molecule has 0 aliphatic rings. The Morgan fingerprint density at radius 3 is 2.00 bits per heavy atom. The summed E-state index contributed by atoms with van der Waals surface area (Å²) < 4.78 is 0. The largest absolute Gasteiger partial charge is 0.396 e. The molecule has 0 aliphatic heterocycles. The smallest absolute Gasteiger partial charge is 0.0433 e. The van der Waals surface area contributed by atoms with Crippen molar-refractivity contribution in [1.29, 1.82) is 0 Å². The van der Waals surface area contributed by atoms with Gasteiger partial charge in [-0.25, -0.2) is 0 Å². The van der Waals surface area contributed by atoms with Crippen LogP contribution in [0.5, 0.6) is 0 Å². The van der Waals surface area contributed by atoms with E-state index in [9.17, 15) is 0 Å². The molecule has 2 nitrogen and oxygen atoms in total. The van der Waals surface area contributed by atoms with E-state index in [1.807, 2.05) is 0 Å². The molecule has 0 aromatic carbocycles. The van der Waals surface area contributed by atoms with Gasteiger partial charge in [-0.3, -0.25) is 0 Å². The van der Waals surface area contributed by atoms with Crippen LogP contribution >= 0.6 is 0 Å². The minimum absolute atomic E-state index is 0.292. The van der Waals surface area contributed by atoms with Crippen LogP contribution in [0.1, 0.15) is 52.9 Å². The molecule has 2 heteroatoms. The van der Waals surface area contributed by atoms with E-state index in [1.165, 1.54) is 6.42 Å². The van der Waals surface area contributed by atoms with Crippen LogP contribution in [-0.2, 0) is 0 Å². The van der Waals surface area contributed by atoms with Crippen LogP contribution in [0.15, 0.2) is 0 Å². The maximum absolute atomic E-state index is 8.94. The third-order valence-electron chi connectivity index (χ3n) is 2.46. The van der Waals surface area contributed by atoms with Gasteiger partial charge in [0.2, 0.25) is 0 Å². The molecule has 0 spiro atoms. The van der Waals surface area contributed by atoms with Gasteiger partial charge in [0.15, 0.2) is 0 Å². The average molecular weight is 202 g/mol. The Labute approximate surface area is 88.3 Å². The van der Waals surface area contributed by atoms with Crippen molar-refractivity contribution in [2.75, 3.05) is 13.2 Å². The lowest BCUT2D eigenvalue weighted by molar-refractivity contribution is 0.203. The van der Waals surface area contributed by atoms with Crippen molar-refractivity contribution >= 4 is 0 Å². The minimum atomic E-state index is 0.292. The molecule has 0 rings (SSSR count). The Morgan fingerprint density at radius 1 is 0.929 bits per heavy atom. The Balaban J connectivity index is 3.77. The monoisotopic (exact) mass is 202 g/mol. The molecule has 0 saturated carbocycles. The highest BCUT2D eigenvalue weighted by molar-refractivity contribution is 4.69. The van der Waals surface area contributed by atoms with Crippen LogP contribution < -0.4 is 0 Å². The van der Waals surface area contributed by atoms with E-state index >= 15 is 0 Å². The number of rotatable bonds is 7. The highest BCUT2D eigenvalue weighted by Gasteiger charge is 2.17. The third kappa shape index (κ3) is 8.52. The van der Waals surface area contributed by atoms with Gasteiger partial charge in [-0.05, 0) is 30.6 Å². The molecule has 14 heavy (non-hydrogen) atoms. The second-order valence-corrected chi connectivity index (χ2v) is 5.36. The predicted molar refractivity (Wildman–Crippen MR) is 60.2 cm³/mol. The summed E-state index contributed by atoms with van der Waals surface area (Å²) in [5, 5.41) is 17.6. The van der Waals surface area contributed by atoms with Crippen LogP contribution in [0.4, 0.5) is 0 Å². The van der Waals surface area contributed by atoms with Crippen LogP contribution in [0, 0.1) is 11.3 Å². The molecule has 2 N–H and O–H groups in total. The Hall–Kier alpha value is -0.0800. The van der Waals surface area contributed by atoms with Crippen molar-refractivity contribution in [2.24, 2.45) is 11.3 Å². The number of unbranched alkanes of at least 4 members (excludes halogenated alkanes) is 1. The highest BCUT2D eigenvalue weighted by atomic mass is 16.3. The second kappa shape index (κ2) is 7.24. The molecule has 86 valence electrons. The molecule has 1 atom stereocenters. The summed E-state index contributed by atoms with van der Waals surface area (Å²) in [7, 11) is 0. The molecule has 0 saturated heterocycles. The van der Waals surface area contributed by atoms with E-state index in [0.29, 0.717) is 24.5 Å². The summed E-state index contributed by atoms with van der Waals surface area (Å²) in [4.78, 5) is 0. The molecule has 0 aromatic heterocycles. The lowest BCUT2D eigenvalue weighted by atomic mass is 9.81. The maximum atomic E-state index is 8.94. The van der Waals surface area contributed by atoms with Gasteiger partial charge in [0, 0.05) is 13.2 Å². The molecular weight excluding hydrogens is 176 g/mol. The lowest BCUT2D eigenvalue weighted by Crippen LogP contribution is -2.14. The van der Waals surface area contributed by atoms with E-state index in [1.54, 1.807) is 0 Å². The average Bonchev–Trinajstić information content (AvgIpc) is 2.02. The van der Waals surface area contributed by atoms with Crippen molar-refractivity contribution in [2.45, 2.75) is 52.9 Å². The first kappa shape index (κ1) is 13.9. The fourth-order valence-corrected chi connectivity index (χ4v) is 1.94. The van der Waals surface area contributed by atoms with Crippen molar-refractivity contribution in [3.8, 4) is 0 Å². The van der Waals surface area contributed by atoms with Crippen molar-refractivity contribution < 1.29 is 10.2 Å². The molecule has 0 unspecified atom stereocenters. The molecule has 0 aromatic rings. The first-order chi connectivity index (χ1) is 6.49. The summed E-state index contributed by atoms with van der Waals surface area (Å²) in [6.07, 6.45) is 5.18. The molecule has 0 amide bonds. The highest BCUT2D eigenvalue weighted by Crippen LogP contribution is 2.29. The van der Waals surface area contributed by atoms with Crippen LogP contribution in [0.3, 0.4) is 0 Å². The zero-order valence-corrected chi connectivity index (χ0v) is 9.92. The zero-order valence-electron chi connectivity index (χ0n) is 9.92. The number of hydrogen-bond acceptors (Lipinski definition) is 2. The van der Waals surface area contributed by atoms with Crippen LogP contribution in [0.2, 0.25) is 0 Å². The zero-order chi connectivity index (χ0) is 11.0. The molecule has 0 aliphatic carbocycles. The van der Waals surface area contributed by atoms with E-state index < -0.39 is 0 Å². The van der Waals surface area contributed by atoms with Crippen molar-refractivity contribution in [3.63, 3.8) is 0 Å². The van der Waals surface area contributed by atoms with E-state index in [4.69, 9.17) is 10.2 Å². The van der Waals surface area contributed by atoms with E-state index in [0.717, 1.165) is 25.7 Å². The fraction of sp³-hybridized carbons (Fsp3) is 1.00. The van der Waals surface area contributed by atoms with Gasteiger partial charge < -0.3 is 10.2 Å². The predicted octanol–water partition coefficient (Wildman–Crippen LogP) is 2.58. The van der Waals surface area contributed by atoms with Gasteiger partial charge in [0.05, 0.1) is 0 Å². The van der Waals surface area contributed by atoms with Crippen LogP contribution in [0.25, 0.3) is 0 Å². The summed E-state index contributed by atoms with van der Waals surface area (Å²) >= 11 is 0. The summed E-state index contributed by atoms with van der Waals surface area (Å²) in [6.45, 7) is 7.30. The second-order valence-electron chi connectivity index (χ2n) is 5.36. The quantitative estimate of drug-likeness (QED) is 0.623. The molecular formula is C12H26O2.